The van der Waals surface area contributed by atoms with Gasteiger partial charge in [0.1, 0.15) is 0 Å². The van der Waals surface area contributed by atoms with Crippen molar-refractivity contribution in [3.63, 3.8) is 0 Å². The Bertz CT molecular complexity index is 2120. The maximum atomic E-state index is 12.7. The third-order valence-electron chi connectivity index (χ3n) is 10.4. The summed E-state index contributed by atoms with van der Waals surface area (Å²) in [5.74, 6) is -0.0327. The van der Waals surface area contributed by atoms with E-state index in [1.165, 1.54) is 16.3 Å². The number of benzene rings is 6. The van der Waals surface area contributed by atoms with E-state index in [0.29, 0.717) is 12.1 Å². The van der Waals surface area contributed by atoms with Gasteiger partial charge in [-0.15, -0.1) is 0 Å². The molecule has 6 aromatic carbocycles. The Morgan fingerprint density at radius 2 is 1.44 bits per heavy atom. The van der Waals surface area contributed by atoms with Crippen molar-refractivity contribution < 1.29 is 19.4 Å². The molecule has 6 nitrogen and oxygen atoms in total. The van der Waals surface area contributed by atoms with Gasteiger partial charge in [0.05, 0.1) is 18.8 Å². The zero-order chi connectivity index (χ0) is 36.0. The van der Waals surface area contributed by atoms with Crippen LogP contribution in [0.3, 0.4) is 0 Å². The van der Waals surface area contributed by atoms with Crippen LogP contribution in [0.25, 0.3) is 21.9 Å². The first-order chi connectivity index (χ1) is 25.4. The molecule has 6 heteroatoms. The third kappa shape index (κ3) is 8.01. The van der Waals surface area contributed by atoms with E-state index in [1.54, 1.807) is 0 Å². The average molecular weight is 691 g/mol. The summed E-state index contributed by atoms with van der Waals surface area (Å²) < 4.78 is 13.7. The second-order valence-electron chi connectivity index (χ2n) is 13.9. The maximum absolute atomic E-state index is 12.7. The predicted molar refractivity (Wildman–Crippen MR) is 207 cm³/mol. The Morgan fingerprint density at radius 3 is 2.21 bits per heavy atom. The molecule has 0 spiro atoms. The highest BCUT2D eigenvalue weighted by atomic mass is 16.7. The van der Waals surface area contributed by atoms with E-state index in [0.717, 1.165) is 39.9 Å². The summed E-state index contributed by atoms with van der Waals surface area (Å²) in [6, 6.07) is 49.3. The maximum Gasteiger partial charge on any atom is 0.251 e. The van der Waals surface area contributed by atoms with Gasteiger partial charge in [0.25, 0.3) is 5.91 Å². The highest BCUT2D eigenvalue weighted by Crippen LogP contribution is 2.43. The van der Waals surface area contributed by atoms with Crippen LogP contribution in [0.4, 0.5) is 0 Å². The molecule has 52 heavy (non-hydrogen) atoms. The summed E-state index contributed by atoms with van der Waals surface area (Å²) in [5, 5.41) is 15.2. The van der Waals surface area contributed by atoms with Crippen molar-refractivity contribution in [3.05, 3.63) is 179 Å². The largest absolute Gasteiger partial charge is 0.392 e. The first kappa shape index (κ1) is 35.3. The molecule has 1 fully saturated rings. The second-order valence-corrected chi connectivity index (χ2v) is 13.9. The smallest absolute Gasteiger partial charge is 0.251 e. The van der Waals surface area contributed by atoms with Gasteiger partial charge in [-0.3, -0.25) is 9.69 Å². The van der Waals surface area contributed by atoms with Crippen molar-refractivity contribution in [2.75, 3.05) is 13.6 Å². The van der Waals surface area contributed by atoms with Gasteiger partial charge in [-0.25, -0.2) is 0 Å². The van der Waals surface area contributed by atoms with Gasteiger partial charge in [-0.05, 0) is 88.5 Å². The molecule has 0 unspecified atom stereocenters. The Kier molecular flexibility index (Phi) is 10.9. The van der Waals surface area contributed by atoms with Crippen LogP contribution in [0, 0.1) is 5.92 Å². The predicted octanol–water partition coefficient (Wildman–Crippen LogP) is 9.41. The molecule has 0 radical (unpaired) electrons. The van der Waals surface area contributed by atoms with Crippen LogP contribution in [-0.4, -0.2) is 35.6 Å². The third-order valence-corrected chi connectivity index (χ3v) is 10.4. The molecule has 6 aromatic rings. The Hall–Kier alpha value is -5.11. The molecule has 7 rings (SSSR count). The fourth-order valence-corrected chi connectivity index (χ4v) is 7.09. The molecule has 0 aromatic heterocycles. The minimum absolute atomic E-state index is 0.000558. The number of amides is 1. The number of ether oxygens (including phenoxy) is 2. The van der Waals surface area contributed by atoms with Gasteiger partial charge in [-0.2, -0.15) is 0 Å². The lowest BCUT2D eigenvalue weighted by molar-refractivity contribution is -0.276. The van der Waals surface area contributed by atoms with E-state index < -0.39 is 6.29 Å². The molecule has 1 heterocycles. The average Bonchev–Trinajstić information content (AvgIpc) is 3.20. The van der Waals surface area contributed by atoms with E-state index in [9.17, 15) is 9.90 Å². The number of likely N-dealkylation sites (N-methyl/N-ethyl adjacent to an activating group) is 1. The minimum Gasteiger partial charge on any atom is -0.392 e. The van der Waals surface area contributed by atoms with Gasteiger partial charge in [0, 0.05) is 36.2 Å². The zero-order valence-corrected chi connectivity index (χ0v) is 30.0. The van der Waals surface area contributed by atoms with Crippen molar-refractivity contribution in [1.82, 2.24) is 10.2 Å². The number of aliphatic hydroxyl groups is 1. The summed E-state index contributed by atoms with van der Waals surface area (Å²) in [7, 11) is 2.17. The second kappa shape index (κ2) is 16.1. The van der Waals surface area contributed by atoms with Crippen LogP contribution in [-0.2, 0) is 22.6 Å². The molecular weight excluding hydrogens is 645 g/mol. The fraction of sp³-hybridized carbons (Fsp3) is 0.239. The van der Waals surface area contributed by atoms with E-state index in [2.05, 4.69) is 116 Å². The monoisotopic (exact) mass is 690 g/mol. The minimum atomic E-state index is -0.582. The lowest BCUT2D eigenvalue weighted by atomic mass is 9.89. The summed E-state index contributed by atoms with van der Waals surface area (Å²) in [6.45, 7) is 5.61. The SMILES string of the molecule is C[C@H]1[C@@H](CN(C)[C@H](C)c2ccc3ccccc3c2)O[C@@H](c2cccc(-c3cccc(CNC(=O)c4ccccc4)c3)c2)O[C@H]1c1ccc(CO)cc1. The quantitative estimate of drug-likeness (QED) is 0.142. The van der Waals surface area contributed by atoms with E-state index in [4.69, 9.17) is 9.47 Å². The van der Waals surface area contributed by atoms with Gasteiger partial charge in [-0.1, -0.05) is 122 Å². The molecule has 0 saturated carbocycles. The standard InChI is InChI=1S/C46H46N2O4/c1-31-43(29-48(3)32(2)38-24-23-35-12-7-8-15-40(35)26-38)51-46(52-44(31)36-21-19-33(30-49)20-22-36)42-18-10-17-41(27-42)39-16-9-11-34(25-39)28-47-45(50)37-13-5-4-6-14-37/h4-27,31-32,43-44,46,49H,28-30H2,1-3H3,(H,47,50)/t31-,32+,43+,44+,46+/m0/s1. The van der Waals surface area contributed by atoms with Gasteiger partial charge in [0.2, 0.25) is 0 Å². The molecule has 1 aliphatic heterocycles. The van der Waals surface area contributed by atoms with Crippen molar-refractivity contribution in [2.24, 2.45) is 5.92 Å². The molecule has 2 N–H and O–H groups in total. The molecule has 0 bridgehead atoms. The lowest BCUT2D eigenvalue weighted by Crippen LogP contribution is -2.44. The molecule has 264 valence electrons. The Morgan fingerprint density at radius 1 is 0.731 bits per heavy atom. The number of nitrogens with one attached hydrogen (secondary N) is 1. The van der Waals surface area contributed by atoms with E-state index in [-0.39, 0.29) is 36.7 Å². The van der Waals surface area contributed by atoms with Crippen LogP contribution in [0.15, 0.2) is 146 Å². The van der Waals surface area contributed by atoms with Crippen LogP contribution in [0.1, 0.15) is 70.5 Å². The van der Waals surface area contributed by atoms with E-state index in [1.807, 2.05) is 60.7 Å². The van der Waals surface area contributed by atoms with Gasteiger partial charge >= 0.3 is 0 Å². The van der Waals surface area contributed by atoms with Gasteiger partial charge < -0.3 is 19.9 Å². The van der Waals surface area contributed by atoms with Crippen LogP contribution < -0.4 is 5.32 Å². The lowest BCUT2D eigenvalue weighted by Gasteiger charge is -2.43. The number of fused-ring (bicyclic) bond motifs is 1. The van der Waals surface area contributed by atoms with Crippen LogP contribution >= 0.6 is 0 Å². The van der Waals surface area contributed by atoms with Crippen LogP contribution in [0.2, 0.25) is 0 Å². The van der Waals surface area contributed by atoms with Gasteiger partial charge in [0.15, 0.2) is 6.29 Å². The van der Waals surface area contributed by atoms with E-state index >= 15 is 0 Å². The summed E-state index contributed by atoms with van der Waals surface area (Å²) in [6.07, 6.45) is -0.906. The molecule has 0 aliphatic carbocycles. The highest BCUT2D eigenvalue weighted by molar-refractivity contribution is 5.94. The van der Waals surface area contributed by atoms with Crippen molar-refractivity contribution in [3.8, 4) is 11.1 Å². The molecule has 1 aliphatic rings. The fourth-order valence-electron chi connectivity index (χ4n) is 7.09. The van der Waals surface area contributed by atoms with Crippen molar-refractivity contribution in [1.29, 1.82) is 0 Å². The topological polar surface area (TPSA) is 71.0 Å². The molecule has 1 amide bonds. The Balaban J connectivity index is 1.12. The molecule has 1 saturated heterocycles. The molecular formula is C46H46N2O4. The zero-order valence-electron chi connectivity index (χ0n) is 30.0. The number of rotatable bonds is 11. The normalized spacial score (nSPS) is 19.4. The summed E-state index contributed by atoms with van der Waals surface area (Å²) in [5.41, 5.74) is 7.90. The number of carbonyl (C=O) groups is 1. The number of aliphatic hydroxyl groups excluding tert-OH is 1. The number of nitrogens with zero attached hydrogens (tertiary/aromatic N) is 1. The van der Waals surface area contributed by atoms with Crippen LogP contribution in [0.5, 0.6) is 0 Å². The first-order valence-electron chi connectivity index (χ1n) is 18.1. The highest BCUT2D eigenvalue weighted by Gasteiger charge is 2.39. The summed E-state index contributed by atoms with van der Waals surface area (Å²) >= 11 is 0. The van der Waals surface area contributed by atoms with Crippen molar-refractivity contribution in [2.45, 2.75) is 51.5 Å². The summed E-state index contributed by atoms with van der Waals surface area (Å²) in [4.78, 5) is 15.0. The number of carbonyl (C=O) groups excluding carboxylic acids is 1. The number of hydrogen-bond acceptors (Lipinski definition) is 5. The first-order valence-corrected chi connectivity index (χ1v) is 18.1. The number of hydrogen-bond donors (Lipinski definition) is 2. The van der Waals surface area contributed by atoms with Crippen molar-refractivity contribution >= 4 is 16.7 Å². The molecule has 5 atom stereocenters. The Labute approximate surface area is 306 Å².